The number of aromatic nitrogens is 3. The normalized spacial score (nSPS) is 22.4. The summed E-state index contributed by atoms with van der Waals surface area (Å²) in [6.45, 7) is 0.145. The minimum atomic E-state index is -0.610. The molecular weight excluding hydrogens is 432 g/mol. The lowest BCUT2D eigenvalue weighted by Crippen LogP contribution is -2.33. The van der Waals surface area contributed by atoms with Crippen molar-refractivity contribution >= 4 is 29.1 Å². The maximum Gasteiger partial charge on any atom is 0.347 e. The number of benzene rings is 2. The number of rotatable bonds is 4. The van der Waals surface area contributed by atoms with Crippen LogP contribution in [0.15, 0.2) is 76.3 Å². The Morgan fingerprint density at radius 1 is 0.906 bits per heavy atom. The summed E-state index contributed by atoms with van der Waals surface area (Å²) in [5, 5.41) is 3.10. The predicted molar refractivity (Wildman–Crippen MR) is 119 cm³/mol. The molecule has 1 aliphatic carbocycles. The summed E-state index contributed by atoms with van der Waals surface area (Å²) >= 11 is 5.92. The van der Waals surface area contributed by atoms with Crippen molar-refractivity contribution in [3.63, 3.8) is 0 Å². The molecule has 162 valence electrons. The molecule has 5 rings (SSSR count). The highest BCUT2D eigenvalue weighted by Gasteiger charge is 2.49. The fraction of sp³-hybridized carbons (Fsp3) is 0.217. The van der Waals surface area contributed by atoms with Crippen LogP contribution in [0, 0.1) is 11.8 Å². The van der Waals surface area contributed by atoms with Gasteiger partial charge in [-0.2, -0.15) is 0 Å². The number of anilines is 1. The first-order valence-electron chi connectivity index (χ1n) is 10.2. The summed E-state index contributed by atoms with van der Waals surface area (Å²) in [5.41, 5.74) is 0.278. The van der Waals surface area contributed by atoms with E-state index in [1.54, 1.807) is 36.4 Å². The SMILES string of the molecule is O=C1[C@@H]2C=C[C@@H](n3[nH]c(=O)n(Cc4ccccc4)c3=O)C[C@H]2C(=O)N1c1ccc(Cl)cc1. The van der Waals surface area contributed by atoms with Crippen LogP contribution in [-0.2, 0) is 16.1 Å². The van der Waals surface area contributed by atoms with Gasteiger partial charge in [0.1, 0.15) is 0 Å². The first kappa shape index (κ1) is 20.3. The van der Waals surface area contributed by atoms with E-state index in [1.807, 2.05) is 30.3 Å². The molecule has 0 spiro atoms. The van der Waals surface area contributed by atoms with Crippen molar-refractivity contribution in [2.24, 2.45) is 11.8 Å². The van der Waals surface area contributed by atoms with Gasteiger partial charge in [0, 0.05) is 5.02 Å². The van der Waals surface area contributed by atoms with Crippen molar-refractivity contribution in [3.05, 3.63) is 98.3 Å². The summed E-state index contributed by atoms with van der Waals surface area (Å²) < 4.78 is 2.36. The molecular formula is C23H19ClN4O4. The second-order valence-corrected chi connectivity index (χ2v) is 8.39. The van der Waals surface area contributed by atoms with Crippen molar-refractivity contribution in [2.75, 3.05) is 4.90 Å². The van der Waals surface area contributed by atoms with Gasteiger partial charge in [0.2, 0.25) is 11.8 Å². The Labute approximate surface area is 187 Å². The van der Waals surface area contributed by atoms with E-state index in [2.05, 4.69) is 5.10 Å². The number of nitrogens with one attached hydrogen (secondary N) is 1. The number of hydrogen-bond donors (Lipinski definition) is 1. The van der Waals surface area contributed by atoms with Gasteiger partial charge in [-0.3, -0.25) is 9.59 Å². The Balaban J connectivity index is 1.42. The number of fused-ring (bicyclic) bond motifs is 1. The number of allylic oxidation sites excluding steroid dienone is 1. The van der Waals surface area contributed by atoms with Gasteiger partial charge in [-0.15, -0.1) is 0 Å². The van der Waals surface area contributed by atoms with Gasteiger partial charge in [0.25, 0.3) is 0 Å². The van der Waals surface area contributed by atoms with Gasteiger partial charge in [0.05, 0.1) is 30.1 Å². The van der Waals surface area contributed by atoms with Crippen LogP contribution in [0.3, 0.4) is 0 Å². The molecule has 9 heteroatoms. The summed E-state index contributed by atoms with van der Waals surface area (Å²) in [6.07, 6.45) is 3.61. The van der Waals surface area contributed by atoms with Crippen molar-refractivity contribution in [1.82, 2.24) is 14.3 Å². The molecule has 2 aliphatic rings. The quantitative estimate of drug-likeness (QED) is 0.487. The fourth-order valence-corrected chi connectivity index (χ4v) is 4.52. The molecule has 8 nitrogen and oxygen atoms in total. The average Bonchev–Trinajstić information content (AvgIpc) is 3.22. The van der Waals surface area contributed by atoms with Crippen LogP contribution < -0.4 is 16.3 Å². The molecule has 0 bridgehead atoms. The van der Waals surface area contributed by atoms with Crippen LogP contribution in [0.2, 0.25) is 5.02 Å². The number of carbonyl (C=O) groups excluding carboxylic acids is 2. The molecule has 1 saturated heterocycles. The van der Waals surface area contributed by atoms with E-state index in [1.165, 1.54) is 9.58 Å². The van der Waals surface area contributed by atoms with Crippen LogP contribution in [-0.4, -0.2) is 26.2 Å². The minimum absolute atomic E-state index is 0.145. The maximum atomic E-state index is 13.1. The van der Waals surface area contributed by atoms with Gasteiger partial charge in [-0.05, 0) is 36.2 Å². The van der Waals surface area contributed by atoms with Gasteiger partial charge in [-0.1, -0.05) is 54.1 Å². The molecule has 32 heavy (non-hydrogen) atoms. The van der Waals surface area contributed by atoms with Crippen molar-refractivity contribution in [2.45, 2.75) is 19.0 Å². The Kier molecular flexibility index (Phi) is 4.94. The summed E-state index contributed by atoms with van der Waals surface area (Å²) in [6, 6.07) is 15.2. The molecule has 0 radical (unpaired) electrons. The van der Waals surface area contributed by atoms with Gasteiger partial charge < -0.3 is 0 Å². The lowest BCUT2D eigenvalue weighted by Gasteiger charge is -2.23. The molecule has 1 N–H and O–H groups in total. The highest BCUT2D eigenvalue weighted by atomic mass is 35.5. The number of imide groups is 1. The second kappa shape index (κ2) is 7.80. The van der Waals surface area contributed by atoms with E-state index in [0.29, 0.717) is 10.7 Å². The number of carbonyl (C=O) groups is 2. The standard InChI is InChI=1S/C23H19ClN4O4/c24-15-6-8-16(9-7-15)27-20(29)18-11-10-17(12-19(18)21(27)30)28-23(32)26(22(31)25-28)13-14-4-2-1-3-5-14/h1-11,17-19H,12-13H2,(H,25,31)/t17-,18-,19-/m1/s1. The first-order chi connectivity index (χ1) is 15.4. The molecule has 2 heterocycles. The van der Waals surface area contributed by atoms with Gasteiger partial charge in [-0.25, -0.2) is 28.8 Å². The fourth-order valence-electron chi connectivity index (χ4n) is 4.39. The Hall–Kier alpha value is -3.65. The van der Waals surface area contributed by atoms with E-state index in [4.69, 9.17) is 11.6 Å². The van der Waals surface area contributed by atoms with Crippen LogP contribution in [0.4, 0.5) is 5.69 Å². The van der Waals surface area contributed by atoms with E-state index >= 15 is 0 Å². The largest absolute Gasteiger partial charge is 0.347 e. The van der Waals surface area contributed by atoms with Crippen LogP contribution in [0.25, 0.3) is 0 Å². The Morgan fingerprint density at radius 3 is 2.34 bits per heavy atom. The van der Waals surface area contributed by atoms with Gasteiger partial charge in [0.15, 0.2) is 0 Å². The Morgan fingerprint density at radius 2 is 1.62 bits per heavy atom. The molecule has 3 atom stereocenters. The number of aromatic amines is 1. The molecule has 1 fully saturated rings. The number of nitrogens with zero attached hydrogens (tertiary/aromatic N) is 3. The Bertz CT molecular complexity index is 1340. The van der Waals surface area contributed by atoms with Crippen LogP contribution in [0.1, 0.15) is 18.0 Å². The van der Waals surface area contributed by atoms with E-state index in [-0.39, 0.29) is 24.8 Å². The summed E-state index contributed by atoms with van der Waals surface area (Å²) in [5.74, 6) is -1.83. The molecule has 3 aromatic rings. The molecule has 2 aromatic carbocycles. The number of hydrogen-bond acceptors (Lipinski definition) is 4. The smallest absolute Gasteiger partial charge is 0.274 e. The summed E-state index contributed by atoms with van der Waals surface area (Å²) in [7, 11) is 0. The lowest BCUT2D eigenvalue weighted by molar-refractivity contribution is -0.122. The first-order valence-corrected chi connectivity index (χ1v) is 10.6. The van der Waals surface area contributed by atoms with Crippen molar-refractivity contribution in [1.29, 1.82) is 0 Å². The zero-order valence-electron chi connectivity index (χ0n) is 16.8. The zero-order valence-corrected chi connectivity index (χ0v) is 17.6. The monoisotopic (exact) mass is 450 g/mol. The topological polar surface area (TPSA) is 97.2 Å². The van der Waals surface area contributed by atoms with Crippen molar-refractivity contribution < 1.29 is 9.59 Å². The van der Waals surface area contributed by atoms with Crippen LogP contribution in [0.5, 0.6) is 0 Å². The predicted octanol–water partition coefficient (Wildman–Crippen LogP) is 2.35. The van der Waals surface area contributed by atoms with Gasteiger partial charge >= 0.3 is 11.4 Å². The number of H-pyrrole nitrogens is 1. The second-order valence-electron chi connectivity index (χ2n) is 7.95. The van der Waals surface area contributed by atoms with Crippen LogP contribution >= 0.6 is 11.6 Å². The molecule has 0 saturated carbocycles. The zero-order chi connectivity index (χ0) is 22.4. The number of halogens is 1. The number of amides is 2. The molecule has 1 aliphatic heterocycles. The average molecular weight is 451 g/mol. The lowest BCUT2D eigenvalue weighted by atomic mass is 9.84. The highest BCUT2D eigenvalue weighted by Crippen LogP contribution is 2.40. The highest BCUT2D eigenvalue weighted by molar-refractivity contribution is 6.30. The third-order valence-corrected chi connectivity index (χ3v) is 6.26. The third-order valence-electron chi connectivity index (χ3n) is 6.01. The van der Waals surface area contributed by atoms with Crippen molar-refractivity contribution in [3.8, 4) is 0 Å². The third kappa shape index (κ3) is 3.33. The maximum absolute atomic E-state index is 13.1. The van der Waals surface area contributed by atoms with E-state index < -0.39 is 29.3 Å². The molecule has 2 amide bonds. The molecule has 0 unspecified atom stereocenters. The molecule has 1 aromatic heterocycles. The summed E-state index contributed by atoms with van der Waals surface area (Å²) in [4.78, 5) is 52.5. The van der Waals surface area contributed by atoms with E-state index in [0.717, 1.165) is 10.1 Å². The minimum Gasteiger partial charge on any atom is -0.274 e. The van der Waals surface area contributed by atoms with E-state index in [9.17, 15) is 19.2 Å².